The first-order valence-corrected chi connectivity index (χ1v) is 6.97. The Bertz CT molecular complexity index is 433. The monoisotopic (exact) mass is 287 g/mol. The van der Waals surface area contributed by atoms with Gasteiger partial charge in [-0.3, -0.25) is 4.90 Å². The first-order valence-electron chi connectivity index (χ1n) is 6.97. The quantitative estimate of drug-likeness (QED) is 0.900. The van der Waals surface area contributed by atoms with E-state index in [1.54, 1.807) is 0 Å². The lowest BCUT2D eigenvalue weighted by atomic mass is 9.82. The van der Waals surface area contributed by atoms with Crippen LogP contribution in [-0.4, -0.2) is 42.4 Å². The highest BCUT2D eigenvalue weighted by atomic mass is 19.4. The smallest absolute Gasteiger partial charge is 0.395 e. The van der Waals surface area contributed by atoms with E-state index in [9.17, 15) is 13.2 Å². The summed E-state index contributed by atoms with van der Waals surface area (Å²) in [5, 5.41) is 8.95. The van der Waals surface area contributed by atoms with Gasteiger partial charge in [-0.05, 0) is 36.3 Å². The molecule has 20 heavy (non-hydrogen) atoms. The second-order valence-corrected chi connectivity index (χ2v) is 5.36. The van der Waals surface area contributed by atoms with Crippen LogP contribution in [0.4, 0.5) is 13.2 Å². The number of aliphatic hydroxyl groups excluding tert-OH is 1. The average Bonchev–Trinajstić information content (AvgIpc) is 2.37. The van der Waals surface area contributed by atoms with Gasteiger partial charge in [0, 0.05) is 13.1 Å². The molecule has 0 aliphatic heterocycles. The minimum atomic E-state index is -4.22. The predicted molar refractivity (Wildman–Crippen MR) is 71.7 cm³/mol. The summed E-state index contributed by atoms with van der Waals surface area (Å²) in [4.78, 5) is 1.31. The van der Waals surface area contributed by atoms with E-state index < -0.39 is 12.7 Å². The Labute approximate surface area is 117 Å². The van der Waals surface area contributed by atoms with E-state index in [0.29, 0.717) is 6.54 Å². The molecule has 0 saturated carbocycles. The second-order valence-electron chi connectivity index (χ2n) is 5.36. The van der Waals surface area contributed by atoms with Crippen molar-refractivity contribution in [3.8, 4) is 0 Å². The zero-order chi connectivity index (χ0) is 14.6. The Morgan fingerprint density at radius 1 is 1.25 bits per heavy atom. The van der Waals surface area contributed by atoms with Crippen LogP contribution in [0.5, 0.6) is 0 Å². The molecule has 1 aromatic rings. The highest BCUT2D eigenvalue weighted by Gasteiger charge is 2.32. The second kappa shape index (κ2) is 6.59. The molecule has 1 atom stereocenters. The lowest BCUT2D eigenvalue weighted by molar-refractivity contribution is -0.147. The van der Waals surface area contributed by atoms with E-state index in [1.165, 1.54) is 16.0 Å². The SMILES string of the molecule is OCCN(CC1CCCc2ccccc21)CC(F)(F)F. The summed E-state index contributed by atoms with van der Waals surface area (Å²) < 4.78 is 37.7. The van der Waals surface area contributed by atoms with E-state index in [2.05, 4.69) is 6.07 Å². The van der Waals surface area contributed by atoms with E-state index >= 15 is 0 Å². The molecule has 0 heterocycles. The third-order valence-corrected chi connectivity index (χ3v) is 3.79. The number of alkyl halides is 3. The lowest BCUT2D eigenvalue weighted by Gasteiger charge is -2.31. The van der Waals surface area contributed by atoms with Gasteiger partial charge in [0.2, 0.25) is 0 Å². The highest BCUT2D eigenvalue weighted by Crippen LogP contribution is 2.32. The molecule has 0 amide bonds. The fourth-order valence-corrected chi connectivity index (χ4v) is 2.99. The van der Waals surface area contributed by atoms with Gasteiger partial charge in [-0.15, -0.1) is 0 Å². The van der Waals surface area contributed by atoms with Gasteiger partial charge < -0.3 is 5.11 Å². The number of halogens is 3. The first kappa shape index (κ1) is 15.3. The summed E-state index contributed by atoms with van der Waals surface area (Å²) in [6.45, 7) is -0.772. The van der Waals surface area contributed by atoms with Crippen molar-refractivity contribution in [3.05, 3.63) is 35.4 Å². The van der Waals surface area contributed by atoms with Gasteiger partial charge in [0.1, 0.15) is 0 Å². The highest BCUT2D eigenvalue weighted by molar-refractivity contribution is 5.32. The van der Waals surface area contributed by atoms with Gasteiger partial charge in [0.15, 0.2) is 0 Å². The topological polar surface area (TPSA) is 23.5 Å². The number of aliphatic hydroxyl groups is 1. The summed E-state index contributed by atoms with van der Waals surface area (Å²) in [7, 11) is 0. The maximum Gasteiger partial charge on any atom is 0.401 e. The molecule has 0 fully saturated rings. The molecule has 0 radical (unpaired) electrons. The maximum absolute atomic E-state index is 12.6. The molecule has 2 rings (SSSR count). The van der Waals surface area contributed by atoms with Crippen molar-refractivity contribution in [1.82, 2.24) is 4.90 Å². The third-order valence-electron chi connectivity index (χ3n) is 3.79. The van der Waals surface area contributed by atoms with Crippen LogP contribution in [0.25, 0.3) is 0 Å². The van der Waals surface area contributed by atoms with Crippen LogP contribution in [-0.2, 0) is 6.42 Å². The molecule has 0 aromatic heterocycles. The van der Waals surface area contributed by atoms with Crippen molar-refractivity contribution in [3.63, 3.8) is 0 Å². The largest absolute Gasteiger partial charge is 0.401 e. The molecule has 1 N–H and O–H groups in total. The third kappa shape index (κ3) is 4.21. The van der Waals surface area contributed by atoms with Crippen LogP contribution < -0.4 is 0 Å². The van der Waals surface area contributed by atoms with Crippen LogP contribution in [0.2, 0.25) is 0 Å². The minimum Gasteiger partial charge on any atom is -0.395 e. The van der Waals surface area contributed by atoms with Crippen LogP contribution in [0.3, 0.4) is 0 Å². The Morgan fingerprint density at radius 3 is 2.70 bits per heavy atom. The lowest BCUT2D eigenvalue weighted by Crippen LogP contribution is -2.39. The molecule has 2 nitrogen and oxygen atoms in total. The standard InChI is InChI=1S/C15H20F3NO/c16-15(17,18)11-19(8-9-20)10-13-6-3-5-12-4-1-2-7-14(12)13/h1-2,4,7,13,20H,3,5-6,8-11H2. The summed E-state index contributed by atoms with van der Waals surface area (Å²) in [5.41, 5.74) is 2.42. The number of hydrogen-bond donors (Lipinski definition) is 1. The normalized spacial score (nSPS) is 19.1. The van der Waals surface area contributed by atoms with Crippen LogP contribution in [0.1, 0.15) is 29.9 Å². The fourth-order valence-electron chi connectivity index (χ4n) is 2.99. The van der Waals surface area contributed by atoms with Crippen LogP contribution in [0, 0.1) is 0 Å². The van der Waals surface area contributed by atoms with Gasteiger partial charge in [0.05, 0.1) is 13.2 Å². The average molecular weight is 287 g/mol. The molecular formula is C15H20F3NO. The molecule has 5 heteroatoms. The molecule has 112 valence electrons. The van der Waals surface area contributed by atoms with Crippen molar-refractivity contribution in [2.45, 2.75) is 31.4 Å². The maximum atomic E-state index is 12.6. The molecule has 1 aliphatic rings. The Morgan fingerprint density at radius 2 is 2.00 bits per heavy atom. The number of rotatable bonds is 5. The summed E-state index contributed by atoms with van der Waals surface area (Å²) in [6, 6.07) is 7.99. The van der Waals surface area contributed by atoms with Crippen LogP contribution in [0.15, 0.2) is 24.3 Å². The number of hydrogen-bond acceptors (Lipinski definition) is 2. The van der Waals surface area contributed by atoms with Gasteiger partial charge in [0.25, 0.3) is 0 Å². The van der Waals surface area contributed by atoms with E-state index in [-0.39, 0.29) is 19.1 Å². The Hall–Kier alpha value is -1.07. The molecule has 0 spiro atoms. The molecule has 1 unspecified atom stereocenters. The van der Waals surface area contributed by atoms with Crippen molar-refractivity contribution in [2.75, 3.05) is 26.2 Å². The van der Waals surface area contributed by atoms with Crippen molar-refractivity contribution in [2.24, 2.45) is 0 Å². The van der Waals surface area contributed by atoms with Gasteiger partial charge in [-0.1, -0.05) is 24.3 Å². The van der Waals surface area contributed by atoms with E-state index in [1.807, 2.05) is 18.2 Å². The zero-order valence-electron chi connectivity index (χ0n) is 11.4. The Balaban J connectivity index is 2.07. The molecule has 1 aliphatic carbocycles. The van der Waals surface area contributed by atoms with Crippen molar-refractivity contribution < 1.29 is 18.3 Å². The zero-order valence-corrected chi connectivity index (χ0v) is 11.4. The number of nitrogens with zero attached hydrogens (tertiary/aromatic N) is 1. The van der Waals surface area contributed by atoms with Crippen molar-refractivity contribution in [1.29, 1.82) is 0 Å². The molecule has 0 saturated heterocycles. The summed E-state index contributed by atoms with van der Waals surface area (Å²) in [6.07, 6.45) is -1.28. The van der Waals surface area contributed by atoms with Gasteiger partial charge in [-0.25, -0.2) is 0 Å². The van der Waals surface area contributed by atoms with Crippen LogP contribution >= 0.6 is 0 Å². The predicted octanol–water partition coefficient (Wildman–Crippen LogP) is 2.96. The molecular weight excluding hydrogens is 267 g/mol. The van der Waals surface area contributed by atoms with E-state index in [4.69, 9.17) is 5.11 Å². The number of fused-ring (bicyclic) bond motifs is 1. The van der Waals surface area contributed by atoms with E-state index in [0.717, 1.165) is 19.3 Å². The van der Waals surface area contributed by atoms with Gasteiger partial charge in [-0.2, -0.15) is 13.2 Å². The minimum absolute atomic E-state index is 0.0676. The Kier molecular flexibility index (Phi) is 5.05. The summed E-state index contributed by atoms with van der Waals surface area (Å²) in [5.74, 6) is 0.133. The van der Waals surface area contributed by atoms with Crippen molar-refractivity contribution >= 4 is 0 Å². The fraction of sp³-hybridized carbons (Fsp3) is 0.600. The molecule has 1 aromatic carbocycles. The first-order chi connectivity index (χ1) is 9.49. The number of benzene rings is 1. The van der Waals surface area contributed by atoms with Gasteiger partial charge >= 0.3 is 6.18 Å². The number of aryl methyl sites for hydroxylation is 1. The molecule has 0 bridgehead atoms. The summed E-state index contributed by atoms with van der Waals surface area (Å²) >= 11 is 0.